The van der Waals surface area contributed by atoms with E-state index < -0.39 is 47.4 Å². The van der Waals surface area contributed by atoms with E-state index in [1.165, 1.54) is 0 Å². The molecule has 1 aromatic carbocycles. The highest BCUT2D eigenvalue weighted by molar-refractivity contribution is 5.89. The molecule has 0 aromatic heterocycles. The monoisotopic (exact) mass is 503 g/mol. The summed E-state index contributed by atoms with van der Waals surface area (Å²) in [6, 6.07) is 9.53. The van der Waals surface area contributed by atoms with Gasteiger partial charge in [-0.2, -0.15) is 0 Å². The standard InChI is InChI=1S/C27H41N3O6/c1-8-27(7,29-25(34)36-26(4,5)6)24(33)28-21(18(2)3)22(31)30-16-12-15-20(30)23(32)35-17-19-13-10-9-11-14-19/h10,13-14,18,20-22,31H,8,12,15-17H2,1-7H3,(H,28,33)(H,29,34)/t20-,21+,22?,27+/m1/s1. The number of hydrogen-bond donors (Lipinski definition) is 3. The van der Waals surface area contributed by atoms with Crippen molar-refractivity contribution in [1.82, 2.24) is 15.5 Å². The number of likely N-dealkylation sites (tertiary alicyclic amines) is 1. The summed E-state index contributed by atoms with van der Waals surface area (Å²) >= 11 is 0. The second kappa shape index (κ2) is 12.4. The Morgan fingerprint density at radius 3 is 2.47 bits per heavy atom. The van der Waals surface area contributed by atoms with Gasteiger partial charge in [0.1, 0.15) is 30.0 Å². The van der Waals surface area contributed by atoms with Crippen LogP contribution in [-0.4, -0.2) is 64.0 Å². The van der Waals surface area contributed by atoms with E-state index in [1.807, 2.05) is 13.8 Å². The second-order valence-corrected chi connectivity index (χ2v) is 10.8. The number of aliphatic hydroxyl groups excluding tert-OH is 1. The van der Waals surface area contributed by atoms with Gasteiger partial charge in [0.2, 0.25) is 5.91 Å². The van der Waals surface area contributed by atoms with Gasteiger partial charge in [-0.1, -0.05) is 32.9 Å². The van der Waals surface area contributed by atoms with Gasteiger partial charge in [-0.05, 0) is 76.6 Å². The molecular weight excluding hydrogens is 462 g/mol. The Labute approximate surface area is 214 Å². The lowest BCUT2D eigenvalue weighted by Gasteiger charge is -2.38. The van der Waals surface area contributed by atoms with Gasteiger partial charge in [-0.15, -0.1) is 0 Å². The number of alkyl carbamates (subject to hydrolysis) is 1. The number of esters is 1. The topological polar surface area (TPSA) is 117 Å². The number of nitrogens with one attached hydrogen (secondary N) is 2. The zero-order chi connectivity index (χ0) is 27.1. The molecule has 1 aromatic rings. The SMILES string of the molecule is CC[C@](C)(NC(=O)OC(C)(C)C)C(=O)N[C@@H](C(C)C)C(O)N1CCC[C@@H]1C(=O)OCc1cc#ccc1. The highest BCUT2D eigenvalue weighted by Crippen LogP contribution is 2.25. The molecule has 9 nitrogen and oxygen atoms in total. The minimum atomic E-state index is -1.25. The average Bonchev–Trinajstić information content (AvgIpc) is 3.29. The van der Waals surface area contributed by atoms with Gasteiger partial charge < -0.3 is 25.2 Å². The first-order valence-electron chi connectivity index (χ1n) is 12.6. The molecule has 0 aliphatic carbocycles. The number of carbonyl (C=O) groups excluding carboxylic acids is 3. The average molecular weight is 504 g/mol. The van der Waals surface area contributed by atoms with E-state index in [4.69, 9.17) is 9.47 Å². The fourth-order valence-corrected chi connectivity index (χ4v) is 4.02. The molecule has 1 saturated heterocycles. The van der Waals surface area contributed by atoms with Crippen molar-refractivity contribution in [3.8, 4) is 0 Å². The fourth-order valence-electron chi connectivity index (χ4n) is 4.02. The highest BCUT2D eigenvalue weighted by atomic mass is 16.6. The van der Waals surface area contributed by atoms with Crippen LogP contribution in [0.5, 0.6) is 0 Å². The summed E-state index contributed by atoms with van der Waals surface area (Å²) < 4.78 is 10.8. The van der Waals surface area contributed by atoms with Crippen molar-refractivity contribution in [2.75, 3.05) is 6.54 Å². The highest BCUT2D eigenvalue weighted by Gasteiger charge is 2.42. The Morgan fingerprint density at radius 2 is 1.92 bits per heavy atom. The van der Waals surface area contributed by atoms with Crippen LogP contribution in [0.1, 0.15) is 73.3 Å². The predicted molar refractivity (Wildman–Crippen MR) is 134 cm³/mol. The summed E-state index contributed by atoms with van der Waals surface area (Å²) in [5, 5.41) is 16.9. The normalized spacial score (nSPS) is 19.5. The van der Waals surface area contributed by atoms with E-state index in [-0.39, 0.29) is 12.5 Å². The molecule has 0 radical (unpaired) electrons. The van der Waals surface area contributed by atoms with Gasteiger partial charge in [0, 0.05) is 6.54 Å². The largest absolute Gasteiger partial charge is 0.460 e. The molecule has 2 amide bonds. The molecule has 1 aliphatic rings. The van der Waals surface area contributed by atoms with Crippen molar-refractivity contribution in [1.29, 1.82) is 0 Å². The third-order valence-electron chi connectivity index (χ3n) is 6.33. The lowest BCUT2D eigenvalue weighted by atomic mass is 9.94. The smallest absolute Gasteiger partial charge is 0.408 e. The van der Waals surface area contributed by atoms with Crippen LogP contribution in [0.25, 0.3) is 0 Å². The number of aliphatic hydroxyl groups is 1. The van der Waals surface area contributed by atoms with Crippen molar-refractivity contribution in [3.63, 3.8) is 0 Å². The van der Waals surface area contributed by atoms with Gasteiger partial charge >= 0.3 is 12.1 Å². The molecule has 0 spiro atoms. The number of nitrogens with zero attached hydrogens (tertiary/aromatic N) is 1. The molecule has 4 atom stereocenters. The minimum Gasteiger partial charge on any atom is -0.460 e. The summed E-state index contributed by atoms with van der Waals surface area (Å²) in [6.07, 6.45) is -0.227. The van der Waals surface area contributed by atoms with Gasteiger partial charge in [0.15, 0.2) is 0 Å². The Hall–Kier alpha value is -2.83. The molecule has 1 fully saturated rings. The summed E-state index contributed by atoms with van der Waals surface area (Å²) in [5.41, 5.74) is -1.15. The van der Waals surface area contributed by atoms with E-state index in [1.54, 1.807) is 57.7 Å². The Morgan fingerprint density at radius 1 is 1.22 bits per heavy atom. The van der Waals surface area contributed by atoms with Gasteiger partial charge in [0.25, 0.3) is 0 Å². The van der Waals surface area contributed by atoms with E-state index in [0.29, 0.717) is 19.4 Å². The van der Waals surface area contributed by atoms with Crippen LogP contribution < -0.4 is 10.6 Å². The van der Waals surface area contributed by atoms with Gasteiger partial charge in [-0.3, -0.25) is 14.5 Å². The van der Waals surface area contributed by atoms with Gasteiger partial charge in [0.05, 0.1) is 6.04 Å². The van der Waals surface area contributed by atoms with E-state index in [2.05, 4.69) is 22.8 Å². The third kappa shape index (κ3) is 8.10. The summed E-state index contributed by atoms with van der Waals surface area (Å²) in [6.45, 7) is 13.0. The Balaban J connectivity index is 2.08. The molecule has 0 saturated carbocycles. The van der Waals surface area contributed by atoms with Gasteiger partial charge in [-0.25, -0.2) is 4.79 Å². The molecule has 3 N–H and O–H groups in total. The molecule has 9 heteroatoms. The van der Waals surface area contributed by atoms with Crippen LogP contribution in [0.15, 0.2) is 18.2 Å². The molecule has 1 heterocycles. The number of ether oxygens (including phenoxy) is 2. The zero-order valence-corrected chi connectivity index (χ0v) is 22.5. The summed E-state index contributed by atoms with van der Waals surface area (Å²) in [5.74, 6) is -1.01. The first-order chi connectivity index (χ1) is 16.8. The maximum absolute atomic E-state index is 13.3. The van der Waals surface area contributed by atoms with Crippen molar-refractivity contribution in [3.05, 3.63) is 35.9 Å². The molecule has 1 unspecified atom stereocenters. The molecule has 200 valence electrons. The minimum absolute atomic E-state index is 0.111. The molecule has 1 aliphatic heterocycles. The van der Waals surface area contributed by atoms with Crippen molar-refractivity contribution in [2.24, 2.45) is 5.92 Å². The molecular formula is C27H41N3O6. The van der Waals surface area contributed by atoms with Crippen molar-refractivity contribution >= 4 is 18.0 Å². The lowest BCUT2D eigenvalue weighted by molar-refractivity contribution is -0.156. The van der Waals surface area contributed by atoms with Crippen LogP contribution in [0.4, 0.5) is 4.79 Å². The van der Waals surface area contributed by atoms with E-state index in [0.717, 1.165) is 12.0 Å². The maximum Gasteiger partial charge on any atom is 0.408 e. The predicted octanol–water partition coefficient (Wildman–Crippen LogP) is 2.95. The van der Waals surface area contributed by atoms with E-state index in [9.17, 15) is 19.5 Å². The Kier molecular flexibility index (Phi) is 10.1. The van der Waals surface area contributed by atoms with Crippen LogP contribution in [-0.2, 0) is 25.7 Å². The third-order valence-corrected chi connectivity index (χ3v) is 6.33. The van der Waals surface area contributed by atoms with E-state index >= 15 is 0 Å². The number of hydrogen-bond acceptors (Lipinski definition) is 7. The quantitative estimate of drug-likeness (QED) is 0.420. The maximum atomic E-state index is 13.3. The molecule has 2 rings (SSSR count). The van der Waals surface area contributed by atoms with Crippen molar-refractivity contribution in [2.45, 2.75) is 104 Å². The number of carbonyl (C=O) groups is 3. The second-order valence-electron chi connectivity index (χ2n) is 10.8. The lowest BCUT2D eigenvalue weighted by Crippen LogP contribution is -2.63. The van der Waals surface area contributed by atoms with Crippen LogP contribution in [0.2, 0.25) is 0 Å². The summed E-state index contributed by atoms with van der Waals surface area (Å²) in [7, 11) is 0. The number of amides is 2. The summed E-state index contributed by atoms with van der Waals surface area (Å²) in [4.78, 5) is 40.2. The Bertz CT molecular complexity index is 885. The van der Waals surface area contributed by atoms with Crippen molar-refractivity contribution < 1.29 is 29.0 Å². The first-order valence-corrected chi connectivity index (χ1v) is 12.6. The van der Waals surface area contributed by atoms with Crippen LogP contribution in [0.3, 0.4) is 0 Å². The number of rotatable bonds is 10. The van der Waals surface area contributed by atoms with Crippen LogP contribution in [0, 0.1) is 18.1 Å². The fraction of sp³-hybridized carbons (Fsp3) is 0.667. The van der Waals surface area contributed by atoms with Crippen LogP contribution >= 0.6 is 0 Å². The first kappa shape index (κ1) is 29.4. The molecule has 0 bridgehead atoms. The molecule has 36 heavy (non-hydrogen) atoms. The zero-order valence-electron chi connectivity index (χ0n) is 22.5.